The monoisotopic (exact) mass is 276 g/mol. The molecule has 1 aromatic heterocycles. The molecule has 1 atom stereocenters. The molecule has 4 heteroatoms. The first-order chi connectivity index (χ1) is 8.75. The summed E-state index contributed by atoms with van der Waals surface area (Å²) >= 11 is 3.18. The lowest BCUT2D eigenvalue weighted by molar-refractivity contribution is 0.0819. The van der Waals surface area contributed by atoms with Crippen LogP contribution in [0.3, 0.4) is 0 Å². The van der Waals surface area contributed by atoms with Crippen molar-refractivity contribution in [1.82, 2.24) is 0 Å². The average Bonchev–Trinajstić information content (AvgIpc) is 2.83. The minimum absolute atomic E-state index is 0.101. The summed E-state index contributed by atoms with van der Waals surface area (Å²) in [5.41, 5.74) is 1.04. The zero-order chi connectivity index (χ0) is 12.5. The minimum atomic E-state index is -0.359. The third kappa shape index (κ3) is 2.06. The molecule has 1 aliphatic rings. The number of benzene rings is 1. The van der Waals surface area contributed by atoms with Gasteiger partial charge in [0.25, 0.3) is 0 Å². The van der Waals surface area contributed by atoms with Crippen LogP contribution in [-0.4, -0.2) is 17.6 Å². The average molecular weight is 276 g/mol. The first-order valence-corrected chi connectivity index (χ1v) is 7.59. The maximum atomic E-state index is 12.4. The number of aryl methyl sites for hydroxylation is 1. The van der Waals surface area contributed by atoms with Crippen molar-refractivity contribution in [2.24, 2.45) is 0 Å². The third-order valence-electron chi connectivity index (χ3n) is 2.89. The molecule has 0 fully saturated rings. The van der Waals surface area contributed by atoms with E-state index in [9.17, 15) is 4.79 Å². The van der Waals surface area contributed by atoms with Crippen molar-refractivity contribution < 1.29 is 9.53 Å². The molecule has 0 radical (unpaired) electrons. The largest absolute Gasteiger partial charge is 0.480 e. The number of carbonyl (C=O) groups excluding carboxylic acids is 1. The van der Waals surface area contributed by atoms with Gasteiger partial charge >= 0.3 is 0 Å². The fraction of sp³-hybridized carbons (Fsp3) is 0.214. The number of para-hydroxylation sites is 1. The van der Waals surface area contributed by atoms with E-state index in [1.165, 1.54) is 11.3 Å². The van der Waals surface area contributed by atoms with Crippen molar-refractivity contribution in [3.8, 4) is 5.75 Å². The highest BCUT2D eigenvalue weighted by Crippen LogP contribution is 2.36. The normalized spacial score (nSPS) is 17.9. The summed E-state index contributed by atoms with van der Waals surface area (Å²) in [6.45, 7) is 1.97. The molecule has 18 heavy (non-hydrogen) atoms. The molecule has 0 aliphatic carbocycles. The van der Waals surface area contributed by atoms with Gasteiger partial charge in [-0.2, -0.15) is 0 Å². The lowest BCUT2D eigenvalue weighted by Gasteiger charge is -2.24. The van der Waals surface area contributed by atoms with E-state index in [4.69, 9.17) is 4.74 Å². The molecule has 2 heterocycles. The van der Waals surface area contributed by atoms with Crippen molar-refractivity contribution >= 4 is 28.9 Å². The summed E-state index contributed by atoms with van der Waals surface area (Å²) in [7, 11) is 0. The smallest absolute Gasteiger partial charge is 0.214 e. The number of ether oxygens (including phenoxy) is 1. The van der Waals surface area contributed by atoms with Crippen molar-refractivity contribution in [3.63, 3.8) is 0 Å². The summed E-state index contributed by atoms with van der Waals surface area (Å²) in [5, 5.41) is 1.95. The van der Waals surface area contributed by atoms with Gasteiger partial charge in [-0.15, -0.1) is 23.1 Å². The molecule has 0 bridgehead atoms. The standard InChI is InChI=1S/C14H12O2S2/c1-9-6-7-17-14(9)13(15)11-8-18-12-5-3-2-4-10(12)16-11/h2-7,11H,8H2,1H3. The molecular formula is C14H12O2S2. The summed E-state index contributed by atoms with van der Waals surface area (Å²) in [6.07, 6.45) is -0.359. The van der Waals surface area contributed by atoms with Gasteiger partial charge in [-0.1, -0.05) is 12.1 Å². The van der Waals surface area contributed by atoms with Gasteiger partial charge < -0.3 is 4.74 Å². The number of carbonyl (C=O) groups is 1. The Labute approximate surface area is 114 Å². The molecule has 1 aromatic carbocycles. The zero-order valence-corrected chi connectivity index (χ0v) is 11.5. The quantitative estimate of drug-likeness (QED) is 0.781. The van der Waals surface area contributed by atoms with Gasteiger partial charge in [-0.05, 0) is 36.1 Å². The summed E-state index contributed by atoms with van der Waals surface area (Å²) in [6, 6.07) is 9.84. The SMILES string of the molecule is Cc1ccsc1C(=O)C1CSc2ccccc2O1. The maximum absolute atomic E-state index is 12.4. The fourth-order valence-electron chi connectivity index (χ4n) is 1.92. The van der Waals surface area contributed by atoms with Crippen LogP contribution in [0.1, 0.15) is 15.2 Å². The van der Waals surface area contributed by atoms with Crippen LogP contribution in [0.4, 0.5) is 0 Å². The Balaban J connectivity index is 1.84. The lowest BCUT2D eigenvalue weighted by atomic mass is 10.1. The van der Waals surface area contributed by atoms with Crippen LogP contribution in [0.15, 0.2) is 40.6 Å². The molecule has 0 saturated carbocycles. The number of Topliss-reactive ketones (excluding diaryl/α,β-unsaturated/α-hetero) is 1. The van der Waals surface area contributed by atoms with Crippen molar-refractivity contribution in [3.05, 3.63) is 46.2 Å². The summed E-state index contributed by atoms with van der Waals surface area (Å²) in [5.74, 6) is 1.61. The Morgan fingerprint density at radius 3 is 2.94 bits per heavy atom. The van der Waals surface area contributed by atoms with Crippen LogP contribution in [0, 0.1) is 6.92 Å². The van der Waals surface area contributed by atoms with Crippen LogP contribution >= 0.6 is 23.1 Å². The number of rotatable bonds is 2. The Bertz CT molecular complexity index is 589. The first-order valence-electron chi connectivity index (χ1n) is 5.72. The Hall–Kier alpha value is -1.26. The molecule has 0 amide bonds. The van der Waals surface area contributed by atoms with E-state index in [2.05, 4.69) is 0 Å². The second-order valence-corrected chi connectivity index (χ2v) is 6.14. The molecule has 2 aromatic rings. The highest BCUT2D eigenvalue weighted by atomic mass is 32.2. The predicted octanol–water partition coefficient (Wildman–Crippen LogP) is 3.79. The van der Waals surface area contributed by atoms with Crippen LogP contribution < -0.4 is 4.74 Å². The number of thioether (sulfide) groups is 1. The van der Waals surface area contributed by atoms with Crippen LogP contribution in [0.25, 0.3) is 0 Å². The minimum Gasteiger partial charge on any atom is -0.480 e. The van der Waals surface area contributed by atoms with E-state index in [-0.39, 0.29) is 11.9 Å². The lowest BCUT2D eigenvalue weighted by Crippen LogP contribution is -2.32. The van der Waals surface area contributed by atoms with E-state index in [1.54, 1.807) is 11.8 Å². The van der Waals surface area contributed by atoms with E-state index in [1.807, 2.05) is 42.6 Å². The van der Waals surface area contributed by atoms with Gasteiger partial charge in [0.1, 0.15) is 5.75 Å². The van der Waals surface area contributed by atoms with Crippen molar-refractivity contribution in [1.29, 1.82) is 0 Å². The molecule has 92 valence electrons. The third-order valence-corrected chi connectivity index (χ3v) is 5.04. The first kappa shape index (κ1) is 11.8. The Morgan fingerprint density at radius 2 is 2.17 bits per heavy atom. The number of ketones is 1. The fourth-order valence-corrected chi connectivity index (χ4v) is 3.81. The second-order valence-electron chi connectivity index (χ2n) is 4.16. The molecular weight excluding hydrogens is 264 g/mol. The second kappa shape index (κ2) is 4.78. The van der Waals surface area contributed by atoms with Crippen LogP contribution in [-0.2, 0) is 0 Å². The Morgan fingerprint density at radius 1 is 1.33 bits per heavy atom. The molecule has 1 aliphatic heterocycles. The summed E-state index contributed by atoms with van der Waals surface area (Å²) in [4.78, 5) is 14.3. The van der Waals surface area contributed by atoms with E-state index in [0.29, 0.717) is 5.75 Å². The predicted molar refractivity (Wildman–Crippen MR) is 75.0 cm³/mol. The number of hydrogen-bond acceptors (Lipinski definition) is 4. The molecule has 1 unspecified atom stereocenters. The van der Waals surface area contributed by atoms with Gasteiger partial charge in [0.05, 0.1) is 4.88 Å². The summed E-state index contributed by atoms with van der Waals surface area (Å²) < 4.78 is 5.81. The highest BCUT2D eigenvalue weighted by molar-refractivity contribution is 7.99. The number of thiophene rings is 1. The molecule has 0 saturated heterocycles. The van der Waals surface area contributed by atoms with Gasteiger partial charge in [0.15, 0.2) is 6.10 Å². The number of hydrogen-bond donors (Lipinski definition) is 0. The van der Waals surface area contributed by atoms with E-state index < -0.39 is 0 Å². The van der Waals surface area contributed by atoms with E-state index >= 15 is 0 Å². The molecule has 0 spiro atoms. The van der Waals surface area contributed by atoms with Gasteiger partial charge in [0.2, 0.25) is 5.78 Å². The van der Waals surface area contributed by atoms with Gasteiger partial charge in [-0.3, -0.25) is 4.79 Å². The van der Waals surface area contributed by atoms with Crippen LogP contribution in [0.5, 0.6) is 5.75 Å². The van der Waals surface area contributed by atoms with Crippen molar-refractivity contribution in [2.75, 3.05) is 5.75 Å². The molecule has 0 N–H and O–H groups in total. The van der Waals surface area contributed by atoms with Crippen LogP contribution in [0.2, 0.25) is 0 Å². The van der Waals surface area contributed by atoms with Gasteiger partial charge in [-0.25, -0.2) is 0 Å². The molecule has 2 nitrogen and oxygen atoms in total. The maximum Gasteiger partial charge on any atom is 0.214 e. The zero-order valence-electron chi connectivity index (χ0n) is 9.88. The Kier molecular flexibility index (Phi) is 3.14. The van der Waals surface area contributed by atoms with Crippen molar-refractivity contribution in [2.45, 2.75) is 17.9 Å². The van der Waals surface area contributed by atoms with Gasteiger partial charge in [0, 0.05) is 10.6 Å². The molecule has 3 rings (SSSR count). The van der Waals surface area contributed by atoms with E-state index in [0.717, 1.165) is 21.1 Å². The highest BCUT2D eigenvalue weighted by Gasteiger charge is 2.28. The topological polar surface area (TPSA) is 26.3 Å². The number of fused-ring (bicyclic) bond motifs is 1.